The zero-order valence-electron chi connectivity index (χ0n) is 11.6. The molecule has 0 saturated heterocycles. The van der Waals surface area contributed by atoms with Gasteiger partial charge in [-0.25, -0.2) is 0 Å². The minimum Gasteiger partial charge on any atom is -0.468 e. The Morgan fingerprint density at radius 1 is 1.33 bits per heavy atom. The lowest BCUT2D eigenvalue weighted by Gasteiger charge is -2.33. The van der Waals surface area contributed by atoms with Crippen molar-refractivity contribution in [2.75, 3.05) is 7.11 Å². The van der Waals surface area contributed by atoms with Gasteiger partial charge in [0.1, 0.15) is 11.7 Å². The van der Waals surface area contributed by atoms with Gasteiger partial charge in [-0.15, -0.1) is 0 Å². The maximum atomic E-state index is 12.3. The van der Waals surface area contributed by atoms with Crippen LogP contribution < -0.4 is 0 Å². The Balaban J connectivity index is 3.00. The third kappa shape index (κ3) is 2.79. The predicted octanol–water partition coefficient (Wildman–Crippen LogP) is 2.01. The van der Waals surface area contributed by atoms with E-state index < -0.39 is 17.8 Å². The first-order valence-electron chi connectivity index (χ1n) is 6.59. The molecule has 1 aliphatic carbocycles. The second-order valence-corrected chi connectivity index (χ2v) is 5.31. The van der Waals surface area contributed by atoms with Gasteiger partial charge < -0.3 is 4.74 Å². The molecule has 3 atom stereocenters. The number of rotatable bonds is 4. The van der Waals surface area contributed by atoms with Crippen molar-refractivity contribution in [1.29, 1.82) is 0 Å². The van der Waals surface area contributed by atoms with E-state index in [1.54, 1.807) is 0 Å². The number of Topliss-reactive ketones (excluding diaryl/α,β-unsaturated/α-hetero) is 2. The lowest BCUT2D eigenvalue weighted by molar-refractivity contribution is -0.156. The van der Waals surface area contributed by atoms with Gasteiger partial charge in [-0.05, 0) is 18.8 Å². The molecule has 0 aromatic carbocycles. The summed E-state index contributed by atoms with van der Waals surface area (Å²) in [5.74, 6) is -2.15. The van der Waals surface area contributed by atoms with E-state index in [1.165, 1.54) is 7.11 Å². The molecule has 1 saturated carbocycles. The molecular formula is C14H22O4. The van der Waals surface area contributed by atoms with E-state index in [2.05, 4.69) is 4.74 Å². The van der Waals surface area contributed by atoms with Crippen molar-refractivity contribution in [3.63, 3.8) is 0 Å². The van der Waals surface area contributed by atoms with Crippen LogP contribution in [-0.4, -0.2) is 24.6 Å². The SMILES string of the molecule is CCCC1C(=O)C(C(=O)OC)CC(C(C)C)C1=O. The number of carbonyl (C=O) groups excluding carboxylic acids is 3. The normalized spacial score (nSPS) is 28.6. The molecule has 0 radical (unpaired) electrons. The van der Waals surface area contributed by atoms with Crippen LogP contribution in [-0.2, 0) is 19.1 Å². The summed E-state index contributed by atoms with van der Waals surface area (Å²) in [6.45, 7) is 5.85. The van der Waals surface area contributed by atoms with Crippen LogP contribution in [0, 0.1) is 23.7 Å². The third-order valence-electron chi connectivity index (χ3n) is 3.75. The Morgan fingerprint density at radius 2 is 1.94 bits per heavy atom. The van der Waals surface area contributed by atoms with E-state index in [0.29, 0.717) is 12.8 Å². The fourth-order valence-corrected chi connectivity index (χ4v) is 2.66. The standard InChI is InChI=1S/C14H22O4/c1-5-6-9-12(15)10(8(2)3)7-11(13(9)16)14(17)18-4/h8-11H,5-7H2,1-4H3. The van der Waals surface area contributed by atoms with Gasteiger partial charge in [0.05, 0.1) is 13.0 Å². The van der Waals surface area contributed by atoms with Gasteiger partial charge in [0.2, 0.25) is 0 Å². The van der Waals surface area contributed by atoms with Crippen molar-refractivity contribution in [1.82, 2.24) is 0 Å². The predicted molar refractivity (Wildman–Crippen MR) is 66.9 cm³/mol. The van der Waals surface area contributed by atoms with Crippen molar-refractivity contribution < 1.29 is 19.1 Å². The summed E-state index contributed by atoms with van der Waals surface area (Å²) in [7, 11) is 1.28. The van der Waals surface area contributed by atoms with Gasteiger partial charge in [-0.3, -0.25) is 14.4 Å². The minimum absolute atomic E-state index is 0.0111. The molecule has 0 spiro atoms. The molecule has 3 unspecified atom stereocenters. The third-order valence-corrected chi connectivity index (χ3v) is 3.75. The number of hydrogen-bond donors (Lipinski definition) is 0. The fourth-order valence-electron chi connectivity index (χ4n) is 2.66. The highest BCUT2D eigenvalue weighted by Crippen LogP contribution is 2.34. The molecule has 18 heavy (non-hydrogen) atoms. The Bertz CT molecular complexity index is 342. The molecule has 0 heterocycles. The summed E-state index contributed by atoms with van der Waals surface area (Å²) < 4.78 is 4.68. The largest absolute Gasteiger partial charge is 0.468 e. The number of esters is 1. The van der Waals surface area contributed by atoms with Crippen molar-refractivity contribution >= 4 is 17.5 Å². The second kappa shape index (κ2) is 6.12. The fraction of sp³-hybridized carbons (Fsp3) is 0.786. The van der Waals surface area contributed by atoms with E-state index >= 15 is 0 Å². The topological polar surface area (TPSA) is 60.4 Å². The molecule has 0 amide bonds. The molecule has 1 aliphatic rings. The Labute approximate surface area is 108 Å². The lowest BCUT2D eigenvalue weighted by Crippen LogP contribution is -2.46. The Kier molecular flexibility index (Phi) is 5.05. The average molecular weight is 254 g/mol. The van der Waals surface area contributed by atoms with Gasteiger partial charge in [0.25, 0.3) is 0 Å². The van der Waals surface area contributed by atoms with Crippen molar-refractivity contribution in [3.05, 3.63) is 0 Å². The Morgan fingerprint density at radius 3 is 2.39 bits per heavy atom. The molecule has 0 N–H and O–H groups in total. The number of ether oxygens (including phenoxy) is 1. The van der Waals surface area contributed by atoms with Crippen molar-refractivity contribution in [2.45, 2.75) is 40.0 Å². The summed E-state index contributed by atoms with van der Waals surface area (Å²) in [6.07, 6.45) is 1.61. The van der Waals surface area contributed by atoms with Crippen LogP contribution in [0.1, 0.15) is 40.0 Å². The summed E-state index contributed by atoms with van der Waals surface area (Å²) in [6, 6.07) is 0. The Hall–Kier alpha value is -1.19. The van der Waals surface area contributed by atoms with Gasteiger partial charge in [0.15, 0.2) is 5.78 Å². The van der Waals surface area contributed by atoms with E-state index in [0.717, 1.165) is 6.42 Å². The maximum absolute atomic E-state index is 12.3. The number of carbonyl (C=O) groups is 3. The van der Waals surface area contributed by atoms with E-state index in [-0.39, 0.29) is 23.4 Å². The molecule has 1 fully saturated rings. The van der Waals surface area contributed by atoms with Crippen LogP contribution in [0.4, 0.5) is 0 Å². The average Bonchev–Trinajstić information content (AvgIpc) is 2.33. The first kappa shape index (κ1) is 14.9. The van der Waals surface area contributed by atoms with Gasteiger partial charge >= 0.3 is 5.97 Å². The molecule has 102 valence electrons. The van der Waals surface area contributed by atoms with Gasteiger partial charge in [-0.1, -0.05) is 27.2 Å². The molecule has 0 aromatic rings. The lowest BCUT2D eigenvalue weighted by atomic mass is 9.68. The summed E-state index contributed by atoms with van der Waals surface area (Å²) >= 11 is 0. The van der Waals surface area contributed by atoms with Crippen molar-refractivity contribution in [3.8, 4) is 0 Å². The van der Waals surface area contributed by atoms with Crippen LogP contribution in [0.5, 0.6) is 0 Å². The number of hydrogen-bond acceptors (Lipinski definition) is 4. The van der Waals surface area contributed by atoms with Crippen molar-refractivity contribution in [2.24, 2.45) is 23.7 Å². The van der Waals surface area contributed by atoms with E-state index in [1.807, 2.05) is 20.8 Å². The van der Waals surface area contributed by atoms with E-state index in [4.69, 9.17) is 0 Å². The number of methoxy groups -OCH3 is 1. The van der Waals surface area contributed by atoms with Crippen LogP contribution >= 0.6 is 0 Å². The molecule has 1 rings (SSSR count). The van der Waals surface area contributed by atoms with Crippen LogP contribution in [0.25, 0.3) is 0 Å². The van der Waals surface area contributed by atoms with Gasteiger partial charge in [0, 0.05) is 5.92 Å². The first-order valence-corrected chi connectivity index (χ1v) is 6.59. The monoisotopic (exact) mass is 254 g/mol. The smallest absolute Gasteiger partial charge is 0.316 e. The zero-order valence-corrected chi connectivity index (χ0v) is 11.6. The summed E-state index contributed by atoms with van der Waals surface area (Å²) in [4.78, 5) is 36.1. The van der Waals surface area contributed by atoms with Gasteiger partial charge in [-0.2, -0.15) is 0 Å². The highest BCUT2D eigenvalue weighted by Gasteiger charge is 2.46. The second-order valence-electron chi connectivity index (χ2n) is 5.31. The summed E-state index contributed by atoms with van der Waals surface area (Å²) in [5, 5.41) is 0. The maximum Gasteiger partial charge on any atom is 0.316 e. The highest BCUT2D eigenvalue weighted by atomic mass is 16.5. The molecular weight excluding hydrogens is 232 g/mol. The minimum atomic E-state index is -0.753. The van der Waals surface area contributed by atoms with Crippen LogP contribution in [0.3, 0.4) is 0 Å². The molecule has 0 aliphatic heterocycles. The quantitative estimate of drug-likeness (QED) is 0.568. The van der Waals surface area contributed by atoms with E-state index in [9.17, 15) is 14.4 Å². The molecule has 4 heteroatoms. The van der Waals surface area contributed by atoms with Crippen LogP contribution in [0.2, 0.25) is 0 Å². The molecule has 0 bridgehead atoms. The first-order chi connectivity index (χ1) is 8.43. The zero-order chi connectivity index (χ0) is 13.9. The van der Waals surface area contributed by atoms with Crippen LogP contribution in [0.15, 0.2) is 0 Å². The highest BCUT2D eigenvalue weighted by molar-refractivity contribution is 6.13. The number of ketones is 2. The molecule has 4 nitrogen and oxygen atoms in total. The molecule has 0 aromatic heterocycles. The summed E-state index contributed by atoms with van der Waals surface area (Å²) in [5.41, 5.74) is 0.